The van der Waals surface area contributed by atoms with Crippen molar-refractivity contribution in [2.45, 2.75) is 6.54 Å². The van der Waals surface area contributed by atoms with Crippen molar-refractivity contribution in [3.05, 3.63) is 27.7 Å². The fraction of sp³-hybridized carbons (Fsp3) is 0.400. The largest absolute Gasteiger partial charge is 0.495 e. The van der Waals surface area contributed by atoms with Gasteiger partial charge in [-0.05, 0) is 11.6 Å². The van der Waals surface area contributed by atoms with Gasteiger partial charge in [0.2, 0.25) is 0 Å². The molecule has 0 heterocycles. The topological polar surface area (TPSA) is 30.5 Å². The van der Waals surface area contributed by atoms with Crippen molar-refractivity contribution in [1.82, 2.24) is 5.32 Å². The summed E-state index contributed by atoms with van der Waals surface area (Å²) in [5, 5.41) is 4.23. The van der Waals surface area contributed by atoms with Gasteiger partial charge in [-0.2, -0.15) is 0 Å². The first kappa shape index (κ1) is 12.6. The summed E-state index contributed by atoms with van der Waals surface area (Å²) in [4.78, 5) is 0. The molecule has 0 radical (unpaired) electrons. The zero-order valence-corrected chi connectivity index (χ0v) is 10.2. The molecule has 1 N–H and O–H groups in total. The molecule has 0 amide bonds. The Bertz CT molecular complexity index is 331. The fourth-order valence-electron chi connectivity index (χ4n) is 1.15. The van der Waals surface area contributed by atoms with Crippen LogP contribution in [-0.4, -0.2) is 21.0 Å². The Labute approximate surface area is 99.3 Å². The van der Waals surface area contributed by atoms with Gasteiger partial charge in [0.05, 0.1) is 18.9 Å². The third kappa shape index (κ3) is 3.54. The molecule has 0 aromatic heterocycles. The van der Waals surface area contributed by atoms with Gasteiger partial charge < -0.3 is 9.47 Å². The molecule has 0 spiro atoms. The van der Waals surface area contributed by atoms with Crippen LogP contribution in [0.5, 0.6) is 5.75 Å². The van der Waals surface area contributed by atoms with E-state index < -0.39 is 0 Å². The number of ether oxygens (including phenoxy) is 2. The predicted molar refractivity (Wildman–Crippen MR) is 61.7 cm³/mol. The first-order valence-electron chi connectivity index (χ1n) is 4.40. The predicted octanol–water partition coefficient (Wildman–Crippen LogP) is 2.70. The van der Waals surface area contributed by atoms with E-state index in [0.29, 0.717) is 29.1 Å². The molecule has 0 aliphatic heterocycles. The lowest BCUT2D eigenvalue weighted by Crippen LogP contribution is -2.16. The van der Waals surface area contributed by atoms with Crippen LogP contribution < -0.4 is 10.1 Å². The number of hydrogen-bond acceptors (Lipinski definition) is 3. The molecule has 0 atom stereocenters. The molecule has 1 rings (SSSR count). The maximum atomic E-state index is 6.04. The maximum Gasteiger partial charge on any atom is 0.138 e. The Morgan fingerprint density at radius 1 is 1.20 bits per heavy atom. The van der Waals surface area contributed by atoms with Crippen LogP contribution >= 0.6 is 23.2 Å². The third-order valence-corrected chi connectivity index (χ3v) is 2.53. The van der Waals surface area contributed by atoms with Crippen molar-refractivity contribution < 1.29 is 9.47 Å². The van der Waals surface area contributed by atoms with Gasteiger partial charge in [0.25, 0.3) is 0 Å². The summed E-state index contributed by atoms with van der Waals surface area (Å²) in [5.41, 5.74) is 0.916. The highest BCUT2D eigenvalue weighted by molar-refractivity contribution is 6.34. The van der Waals surface area contributed by atoms with E-state index in [2.05, 4.69) is 5.32 Å². The zero-order valence-electron chi connectivity index (χ0n) is 8.64. The standard InChI is InChI=1S/C10H13Cl2NO2/c1-14-6-13-5-7-3-9(12)10(15-2)4-8(7)11/h3-4,13H,5-6H2,1-2H3. The Morgan fingerprint density at radius 3 is 2.53 bits per heavy atom. The van der Waals surface area contributed by atoms with E-state index in [1.807, 2.05) is 0 Å². The summed E-state index contributed by atoms with van der Waals surface area (Å²) in [6.07, 6.45) is 0. The highest BCUT2D eigenvalue weighted by atomic mass is 35.5. The molecule has 3 nitrogen and oxygen atoms in total. The van der Waals surface area contributed by atoms with Crippen LogP contribution in [-0.2, 0) is 11.3 Å². The molecule has 0 aliphatic carbocycles. The monoisotopic (exact) mass is 249 g/mol. The second-order valence-corrected chi connectivity index (χ2v) is 3.75. The van der Waals surface area contributed by atoms with E-state index in [-0.39, 0.29) is 0 Å². The minimum absolute atomic E-state index is 0.472. The van der Waals surface area contributed by atoms with E-state index in [1.165, 1.54) is 0 Å². The molecule has 0 unspecified atom stereocenters. The molecular weight excluding hydrogens is 237 g/mol. The van der Waals surface area contributed by atoms with Gasteiger partial charge in [0.1, 0.15) is 5.75 Å². The van der Waals surface area contributed by atoms with Crippen molar-refractivity contribution in [3.63, 3.8) is 0 Å². The van der Waals surface area contributed by atoms with Crippen molar-refractivity contribution in [2.24, 2.45) is 0 Å². The summed E-state index contributed by atoms with van der Waals surface area (Å²) in [7, 11) is 3.18. The third-order valence-electron chi connectivity index (χ3n) is 1.88. The minimum Gasteiger partial charge on any atom is -0.495 e. The number of methoxy groups -OCH3 is 2. The zero-order chi connectivity index (χ0) is 11.3. The Kier molecular flexibility index (Phi) is 5.19. The summed E-state index contributed by atoms with van der Waals surface area (Å²) in [6.45, 7) is 1.08. The SMILES string of the molecule is COCNCc1cc(Cl)c(OC)cc1Cl. The van der Waals surface area contributed by atoms with Gasteiger partial charge in [0.15, 0.2) is 0 Å². The second-order valence-electron chi connectivity index (χ2n) is 2.94. The molecule has 5 heteroatoms. The van der Waals surface area contributed by atoms with Crippen molar-refractivity contribution in [3.8, 4) is 5.75 Å². The summed E-state index contributed by atoms with van der Waals surface area (Å²) >= 11 is 12.0. The molecule has 0 saturated carbocycles. The maximum absolute atomic E-state index is 6.04. The fourth-order valence-corrected chi connectivity index (χ4v) is 1.63. The molecule has 1 aromatic carbocycles. The minimum atomic E-state index is 0.472. The first-order valence-corrected chi connectivity index (χ1v) is 5.16. The average Bonchev–Trinajstić information content (AvgIpc) is 2.23. The van der Waals surface area contributed by atoms with Crippen molar-refractivity contribution >= 4 is 23.2 Å². The van der Waals surface area contributed by atoms with E-state index >= 15 is 0 Å². The number of benzene rings is 1. The average molecular weight is 250 g/mol. The van der Waals surface area contributed by atoms with Gasteiger partial charge in [0, 0.05) is 24.7 Å². The van der Waals surface area contributed by atoms with E-state index in [1.54, 1.807) is 26.4 Å². The van der Waals surface area contributed by atoms with Crippen LogP contribution in [0.15, 0.2) is 12.1 Å². The van der Waals surface area contributed by atoms with Crippen LogP contribution in [0.3, 0.4) is 0 Å². The lowest BCUT2D eigenvalue weighted by Gasteiger charge is -2.09. The quantitative estimate of drug-likeness (QED) is 0.643. The highest BCUT2D eigenvalue weighted by Crippen LogP contribution is 2.30. The summed E-state index contributed by atoms with van der Waals surface area (Å²) < 4.78 is 9.91. The summed E-state index contributed by atoms with van der Waals surface area (Å²) in [5.74, 6) is 0.581. The molecular formula is C10H13Cl2NO2. The molecule has 0 aliphatic rings. The Balaban J connectivity index is 2.76. The van der Waals surface area contributed by atoms with Gasteiger partial charge in [-0.3, -0.25) is 5.32 Å². The van der Waals surface area contributed by atoms with Gasteiger partial charge in [-0.15, -0.1) is 0 Å². The van der Waals surface area contributed by atoms with Crippen LogP contribution in [0.25, 0.3) is 0 Å². The number of nitrogens with one attached hydrogen (secondary N) is 1. The van der Waals surface area contributed by atoms with Crippen LogP contribution in [0.4, 0.5) is 0 Å². The van der Waals surface area contributed by atoms with E-state index in [4.69, 9.17) is 32.7 Å². The lowest BCUT2D eigenvalue weighted by molar-refractivity contribution is 0.174. The van der Waals surface area contributed by atoms with Gasteiger partial charge in [-0.25, -0.2) is 0 Å². The van der Waals surface area contributed by atoms with Gasteiger partial charge in [-0.1, -0.05) is 23.2 Å². The smallest absolute Gasteiger partial charge is 0.138 e. The normalized spacial score (nSPS) is 10.4. The van der Waals surface area contributed by atoms with E-state index in [9.17, 15) is 0 Å². The Morgan fingerprint density at radius 2 is 1.93 bits per heavy atom. The first-order chi connectivity index (χ1) is 7.19. The van der Waals surface area contributed by atoms with Crippen LogP contribution in [0.1, 0.15) is 5.56 Å². The number of rotatable bonds is 5. The van der Waals surface area contributed by atoms with Crippen molar-refractivity contribution in [1.29, 1.82) is 0 Å². The van der Waals surface area contributed by atoms with Crippen LogP contribution in [0.2, 0.25) is 10.0 Å². The van der Waals surface area contributed by atoms with E-state index in [0.717, 1.165) is 5.56 Å². The lowest BCUT2D eigenvalue weighted by atomic mass is 10.2. The number of halogens is 2. The second kappa shape index (κ2) is 6.18. The number of hydrogen-bond donors (Lipinski definition) is 1. The molecule has 0 fully saturated rings. The Hall–Kier alpha value is -0.480. The molecule has 0 bridgehead atoms. The van der Waals surface area contributed by atoms with Crippen LogP contribution in [0, 0.1) is 0 Å². The van der Waals surface area contributed by atoms with Gasteiger partial charge >= 0.3 is 0 Å². The highest BCUT2D eigenvalue weighted by Gasteiger charge is 2.07. The molecule has 1 aromatic rings. The molecule has 15 heavy (non-hydrogen) atoms. The summed E-state index contributed by atoms with van der Waals surface area (Å²) in [6, 6.07) is 3.49. The molecule has 0 saturated heterocycles. The molecule has 84 valence electrons. The van der Waals surface area contributed by atoms with Crippen molar-refractivity contribution in [2.75, 3.05) is 21.0 Å².